The number of hydrogen-bond donors (Lipinski definition) is 4. The molecule has 12 heteroatoms. The summed E-state index contributed by atoms with van der Waals surface area (Å²) in [6, 6.07) is 7.36. The second-order valence-corrected chi connectivity index (χ2v) is 10.1. The molecule has 1 atom stereocenters. The van der Waals surface area contributed by atoms with Gasteiger partial charge in [0.1, 0.15) is 17.3 Å². The van der Waals surface area contributed by atoms with Crippen LogP contribution < -0.4 is 26.0 Å². The first-order valence-electron chi connectivity index (χ1n) is 12.0. The maximum atomic E-state index is 11.3. The third kappa shape index (κ3) is 6.71. The standard InChI is InChI=1S/C25H32N8O3S/c1-15(34)29-21-11-17(6-8-27-21)36-18-10-19(26-5)23(28-13-18)31-24(37)30-22-12-20(25(2,3)4)33(32-22)16-7-9-35-14-16/h6,8,10-13,16,26H,7,9,14H2,1-5H3,(H,27,29,34)(H2,28,30,31,32,37)/t16-/m0/s1. The summed E-state index contributed by atoms with van der Waals surface area (Å²) in [5.74, 6) is 2.39. The minimum Gasteiger partial charge on any atom is -0.455 e. The Kier molecular flexibility index (Phi) is 7.89. The highest BCUT2D eigenvalue weighted by atomic mass is 32.1. The second-order valence-electron chi connectivity index (χ2n) is 9.68. The van der Waals surface area contributed by atoms with Crippen molar-refractivity contribution >= 4 is 46.4 Å². The van der Waals surface area contributed by atoms with Crippen LogP contribution in [-0.4, -0.2) is 51.0 Å². The maximum Gasteiger partial charge on any atom is 0.222 e. The zero-order valence-corrected chi connectivity index (χ0v) is 22.4. The minimum atomic E-state index is -0.210. The fraction of sp³-hybridized carbons (Fsp3) is 0.400. The van der Waals surface area contributed by atoms with Crippen molar-refractivity contribution in [3.63, 3.8) is 0 Å². The van der Waals surface area contributed by atoms with Crippen LogP contribution in [0.2, 0.25) is 0 Å². The summed E-state index contributed by atoms with van der Waals surface area (Å²) in [6.45, 7) is 9.31. The van der Waals surface area contributed by atoms with E-state index in [9.17, 15) is 4.79 Å². The van der Waals surface area contributed by atoms with Crippen LogP contribution in [0.3, 0.4) is 0 Å². The number of thiocarbonyl (C=S) groups is 1. The van der Waals surface area contributed by atoms with Gasteiger partial charge >= 0.3 is 0 Å². The highest BCUT2D eigenvalue weighted by Crippen LogP contribution is 2.31. The summed E-state index contributed by atoms with van der Waals surface area (Å²) in [7, 11) is 1.78. The van der Waals surface area contributed by atoms with Crippen molar-refractivity contribution in [1.82, 2.24) is 19.7 Å². The molecule has 0 spiro atoms. The smallest absolute Gasteiger partial charge is 0.222 e. The van der Waals surface area contributed by atoms with Crippen LogP contribution in [0.4, 0.5) is 23.1 Å². The zero-order valence-electron chi connectivity index (χ0n) is 21.6. The number of pyridine rings is 2. The molecule has 1 aliphatic heterocycles. The summed E-state index contributed by atoms with van der Waals surface area (Å²) in [4.78, 5) is 19.8. The van der Waals surface area contributed by atoms with Crippen molar-refractivity contribution in [3.8, 4) is 11.5 Å². The van der Waals surface area contributed by atoms with Gasteiger partial charge in [-0.25, -0.2) is 9.97 Å². The number of carbonyl (C=O) groups excluding carboxylic acids is 1. The van der Waals surface area contributed by atoms with E-state index in [0.717, 1.165) is 18.7 Å². The number of rotatable bonds is 7. The fourth-order valence-corrected chi connectivity index (χ4v) is 4.12. The Morgan fingerprint density at radius 1 is 1.14 bits per heavy atom. The van der Waals surface area contributed by atoms with Gasteiger partial charge in [-0.1, -0.05) is 20.8 Å². The molecule has 196 valence electrons. The third-order valence-corrected chi connectivity index (χ3v) is 5.84. The van der Waals surface area contributed by atoms with Crippen LogP contribution in [0.1, 0.15) is 45.9 Å². The van der Waals surface area contributed by atoms with E-state index in [1.807, 2.05) is 6.07 Å². The van der Waals surface area contributed by atoms with Crippen LogP contribution in [0.15, 0.2) is 36.7 Å². The molecule has 0 saturated carbocycles. The monoisotopic (exact) mass is 524 g/mol. The lowest BCUT2D eigenvalue weighted by Crippen LogP contribution is -2.22. The summed E-state index contributed by atoms with van der Waals surface area (Å²) in [6.07, 6.45) is 4.07. The van der Waals surface area contributed by atoms with Gasteiger partial charge in [0.2, 0.25) is 5.91 Å². The van der Waals surface area contributed by atoms with Gasteiger partial charge in [0.15, 0.2) is 16.7 Å². The van der Waals surface area contributed by atoms with Crippen LogP contribution in [0.5, 0.6) is 11.5 Å². The molecule has 3 aromatic heterocycles. The molecule has 4 heterocycles. The SMILES string of the molecule is CNc1cc(Oc2ccnc(NC(C)=O)c2)cnc1NC(=S)Nc1cc(C(C)(C)C)n([C@H]2CCOC2)n1. The predicted octanol–water partition coefficient (Wildman–Crippen LogP) is 4.53. The van der Waals surface area contributed by atoms with E-state index >= 15 is 0 Å². The molecule has 0 bridgehead atoms. The van der Waals surface area contributed by atoms with Crippen molar-refractivity contribution in [1.29, 1.82) is 0 Å². The first kappa shape index (κ1) is 26.3. The Morgan fingerprint density at radius 3 is 2.62 bits per heavy atom. The Labute approximate surface area is 221 Å². The number of anilines is 4. The van der Waals surface area contributed by atoms with Crippen molar-refractivity contribution in [2.45, 2.75) is 45.6 Å². The second kappa shape index (κ2) is 11.1. The zero-order chi connectivity index (χ0) is 26.6. The lowest BCUT2D eigenvalue weighted by molar-refractivity contribution is -0.114. The topological polar surface area (TPSA) is 127 Å². The molecule has 1 aliphatic rings. The molecule has 11 nitrogen and oxygen atoms in total. The number of nitrogens with one attached hydrogen (secondary N) is 4. The first-order chi connectivity index (χ1) is 17.6. The number of ether oxygens (including phenoxy) is 2. The average molecular weight is 525 g/mol. The van der Waals surface area contributed by atoms with Gasteiger partial charge in [0, 0.05) is 56.1 Å². The molecule has 1 fully saturated rings. The van der Waals surface area contributed by atoms with E-state index < -0.39 is 0 Å². The normalized spacial score (nSPS) is 15.2. The van der Waals surface area contributed by atoms with E-state index in [0.29, 0.717) is 46.4 Å². The molecule has 4 N–H and O–H groups in total. The van der Waals surface area contributed by atoms with Crippen LogP contribution >= 0.6 is 12.2 Å². The lowest BCUT2D eigenvalue weighted by Gasteiger charge is -2.22. The molecular weight excluding hydrogens is 492 g/mol. The van der Waals surface area contributed by atoms with Crippen LogP contribution in [0.25, 0.3) is 0 Å². The van der Waals surface area contributed by atoms with Crippen LogP contribution in [0, 0.1) is 0 Å². The lowest BCUT2D eigenvalue weighted by atomic mass is 9.91. The summed E-state index contributed by atoms with van der Waals surface area (Å²) in [5, 5.41) is 17.2. The highest BCUT2D eigenvalue weighted by molar-refractivity contribution is 7.80. The van der Waals surface area contributed by atoms with E-state index in [-0.39, 0.29) is 17.4 Å². The number of amides is 1. The summed E-state index contributed by atoms with van der Waals surface area (Å²) in [5.41, 5.74) is 1.71. The van der Waals surface area contributed by atoms with Gasteiger partial charge < -0.3 is 30.7 Å². The van der Waals surface area contributed by atoms with Crippen molar-refractivity contribution in [3.05, 3.63) is 42.4 Å². The molecule has 0 aromatic carbocycles. The third-order valence-electron chi connectivity index (χ3n) is 5.63. The molecule has 4 rings (SSSR count). The maximum absolute atomic E-state index is 11.3. The number of nitrogens with zero attached hydrogens (tertiary/aromatic N) is 4. The van der Waals surface area contributed by atoms with E-state index in [4.69, 9.17) is 26.8 Å². The Hall–Kier alpha value is -3.77. The molecule has 3 aromatic rings. The van der Waals surface area contributed by atoms with Gasteiger partial charge in [-0.05, 0) is 24.7 Å². The van der Waals surface area contributed by atoms with Crippen molar-refractivity contribution in [2.24, 2.45) is 0 Å². The van der Waals surface area contributed by atoms with Gasteiger partial charge in [0.25, 0.3) is 0 Å². The van der Waals surface area contributed by atoms with Crippen LogP contribution in [-0.2, 0) is 14.9 Å². The molecule has 0 radical (unpaired) electrons. The number of aromatic nitrogens is 4. The van der Waals surface area contributed by atoms with Gasteiger partial charge in [-0.2, -0.15) is 5.10 Å². The highest BCUT2D eigenvalue weighted by Gasteiger charge is 2.28. The van der Waals surface area contributed by atoms with E-state index in [1.165, 1.54) is 6.92 Å². The number of hydrogen-bond acceptors (Lipinski definition) is 8. The fourth-order valence-electron chi connectivity index (χ4n) is 3.92. The molecule has 0 unspecified atom stereocenters. The quantitative estimate of drug-likeness (QED) is 0.327. The Bertz CT molecular complexity index is 1280. The summed E-state index contributed by atoms with van der Waals surface area (Å²) < 4.78 is 13.5. The molecular formula is C25H32N8O3S. The Balaban J connectivity index is 1.45. The largest absolute Gasteiger partial charge is 0.455 e. The molecule has 1 amide bonds. The first-order valence-corrected chi connectivity index (χ1v) is 12.4. The van der Waals surface area contributed by atoms with Gasteiger partial charge in [-0.15, -0.1) is 0 Å². The predicted molar refractivity (Wildman–Crippen MR) is 148 cm³/mol. The van der Waals surface area contributed by atoms with E-state index in [1.54, 1.807) is 37.6 Å². The summed E-state index contributed by atoms with van der Waals surface area (Å²) >= 11 is 5.56. The molecule has 0 aliphatic carbocycles. The van der Waals surface area contributed by atoms with Gasteiger partial charge in [-0.3, -0.25) is 9.48 Å². The minimum absolute atomic E-state index is 0.0844. The molecule has 1 saturated heterocycles. The number of carbonyl (C=O) groups is 1. The van der Waals surface area contributed by atoms with Crippen molar-refractivity contribution < 1.29 is 14.3 Å². The van der Waals surface area contributed by atoms with E-state index in [2.05, 4.69) is 56.7 Å². The molecule has 37 heavy (non-hydrogen) atoms. The van der Waals surface area contributed by atoms with Gasteiger partial charge in [0.05, 0.1) is 24.5 Å². The average Bonchev–Trinajstić information content (AvgIpc) is 3.50. The Morgan fingerprint density at radius 2 is 1.95 bits per heavy atom. The van der Waals surface area contributed by atoms with Crippen molar-refractivity contribution in [2.75, 3.05) is 41.5 Å².